The minimum absolute atomic E-state index is 0. The van der Waals surface area contributed by atoms with E-state index in [1.807, 2.05) is 12.3 Å². The van der Waals surface area contributed by atoms with Gasteiger partial charge in [0, 0.05) is 24.3 Å². The standard InChI is InChI=1S/C12H17N3O2S.2ClH/c1-18-9-2-3-10(14-8-9)15-11(16)12(13)4-6-17-7-5-12;;/h2-3,8H,4-7,13H2,1H3,(H,14,15,16);2*1H. The number of carbonyl (C=O) groups excluding carboxylic acids is 1. The van der Waals surface area contributed by atoms with Crippen molar-refractivity contribution in [2.45, 2.75) is 23.3 Å². The van der Waals surface area contributed by atoms with Crippen molar-refractivity contribution < 1.29 is 9.53 Å². The van der Waals surface area contributed by atoms with Gasteiger partial charge in [0.25, 0.3) is 0 Å². The molecule has 2 rings (SSSR count). The molecule has 0 atom stereocenters. The highest BCUT2D eigenvalue weighted by atomic mass is 35.5. The van der Waals surface area contributed by atoms with E-state index in [1.165, 1.54) is 0 Å². The number of nitrogens with two attached hydrogens (primary N) is 1. The predicted molar refractivity (Wildman–Crippen MR) is 86.1 cm³/mol. The lowest BCUT2D eigenvalue weighted by atomic mass is 9.90. The van der Waals surface area contributed by atoms with E-state index in [-0.39, 0.29) is 30.7 Å². The van der Waals surface area contributed by atoms with Gasteiger partial charge in [0.1, 0.15) is 11.4 Å². The van der Waals surface area contributed by atoms with Crippen LogP contribution in [0.4, 0.5) is 5.82 Å². The molecular formula is C12H19Cl2N3O2S. The highest BCUT2D eigenvalue weighted by Crippen LogP contribution is 2.20. The maximum absolute atomic E-state index is 12.1. The van der Waals surface area contributed by atoms with E-state index in [0.717, 1.165) is 4.90 Å². The second-order valence-electron chi connectivity index (χ2n) is 4.31. The summed E-state index contributed by atoms with van der Waals surface area (Å²) in [4.78, 5) is 17.3. The fraction of sp³-hybridized carbons (Fsp3) is 0.500. The number of rotatable bonds is 3. The molecule has 114 valence electrons. The van der Waals surface area contributed by atoms with Gasteiger partial charge in [0.15, 0.2) is 0 Å². The molecule has 2 heterocycles. The molecule has 1 fully saturated rings. The summed E-state index contributed by atoms with van der Waals surface area (Å²) < 4.78 is 5.22. The van der Waals surface area contributed by atoms with E-state index < -0.39 is 5.54 Å². The number of halogens is 2. The van der Waals surface area contributed by atoms with Crippen LogP contribution in [-0.4, -0.2) is 35.9 Å². The number of thioether (sulfide) groups is 1. The van der Waals surface area contributed by atoms with Gasteiger partial charge in [0.05, 0.1) is 0 Å². The Kier molecular flexibility index (Phi) is 8.46. The van der Waals surface area contributed by atoms with Gasteiger partial charge in [-0.15, -0.1) is 36.6 Å². The number of pyridine rings is 1. The molecule has 1 aliphatic rings. The lowest BCUT2D eigenvalue weighted by Crippen LogP contribution is -2.54. The zero-order chi connectivity index (χ0) is 13.0. The third-order valence-electron chi connectivity index (χ3n) is 3.05. The number of hydrogen-bond acceptors (Lipinski definition) is 5. The minimum Gasteiger partial charge on any atom is -0.381 e. The fourth-order valence-corrected chi connectivity index (χ4v) is 2.14. The molecule has 1 saturated heterocycles. The van der Waals surface area contributed by atoms with Crippen LogP contribution in [0.1, 0.15) is 12.8 Å². The summed E-state index contributed by atoms with van der Waals surface area (Å²) >= 11 is 1.61. The normalized spacial score (nSPS) is 16.5. The molecule has 0 unspecified atom stereocenters. The molecule has 1 amide bonds. The molecule has 0 bridgehead atoms. The first-order valence-electron chi connectivity index (χ1n) is 5.82. The largest absolute Gasteiger partial charge is 0.381 e. The predicted octanol–water partition coefficient (Wildman–Crippen LogP) is 2.09. The van der Waals surface area contributed by atoms with Gasteiger partial charge in [-0.1, -0.05) is 0 Å². The van der Waals surface area contributed by atoms with Crippen molar-refractivity contribution in [1.82, 2.24) is 4.98 Å². The van der Waals surface area contributed by atoms with Crippen molar-refractivity contribution in [3.8, 4) is 0 Å². The number of hydrogen-bond donors (Lipinski definition) is 2. The third-order valence-corrected chi connectivity index (χ3v) is 3.76. The van der Waals surface area contributed by atoms with Crippen LogP contribution < -0.4 is 11.1 Å². The van der Waals surface area contributed by atoms with Crippen molar-refractivity contribution in [1.29, 1.82) is 0 Å². The molecule has 20 heavy (non-hydrogen) atoms. The van der Waals surface area contributed by atoms with Crippen LogP contribution in [-0.2, 0) is 9.53 Å². The molecule has 3 N–H and O–H groups in total. The molecular weight excluding hydrogens is 321 g/mol. The van der Waals surface area contributed by atoms with Crippen LogP contribution in [0.2, 0.25) is 0 Å². The van der Waals surface area contributed by atoms with Gasteiger partial charge in [-0.3, -0.25) is 4.79 Å². The van der Waals surface area contributed by atoms with Crippen LogP contribution in [0.25, 0.3) is 0 Å². The number of carbonyl (C=O) groups is 1. The number of nitrogens with one attached hydrogen (secondary N) is 1. The number of nitrogens with zero attached hydrogens (tertiary/aromatic N) is 1. The highest BCUT2D eigenvalue weighted by molar-refractivity contribution is 7.98. The van der Waals surface area contributed by atoms with Crippen molar-refractivity contribution in [2.24, 2.45) is 5.73 Å². The fourth-order valence-electron chi connectivity index (χ4n) is 1.78. The topological polar surface area (TPSA) is 77.2 Å². The molecule has 1 aromatic rings. The molecule has 0 aliphatic carbocycles. The first-order chi connectivity index (χ1) is 8.64. The number of anilines is 1. The Morgan fingerprint density at radius 2 is 2.05 bits per heavy atom. The van der Waals surface area contributed by atoms with Crippen LogP contribution >= 0.6 is 36.6 Å². The Bertz CT molecular complexity index is 425. The number of ether oxygens (including phenoxy) is 1. The molecule has 1 aliphatic heterocycles. The lowest BCUT2D eigenvalue weighted by Gasteiger charge is -2.31. The summed E-state index contributed by atoms with van der Waals surface area (Å²) in [5, 5.41) is 2.76. The molecule has 0 aromatic carbocycles. The Morgan fingerprint density at radius 3 is 2.55 bits per heavy atom. The highest BCUT2D eigenvalue weighted by Gasteiger charge is 2.36. The van der Waals surface area contributed by atoms with E-state index in [1.54, 1.807) is 24.0 Å². The molecule has 0 radical (unpaired) electrons. The number of amides is 1. The minimum atomic E-state index is -0.835. The van der Waals surface area contributed by atoms with E-state index in [9.17, 15) is 4.79 Å². The zero-order valence-electron chi connectivity index (χ0n) is 11.1. The van der Waals surface area contributed by atoms with E-state index in [2.05, 4.69) is 10.3 Å². The first-order valence-corrected chi connectivity index (χ1v) is 7.05. The average molecular weight is 340 g/mol. The summed E-state index contributed by atoms with van der Waals surface area (Å²) in [5.74, 6) is 0.351. The molecule has 0 saturated carbocycles. The van der Waals surface area contributed by atoms with Crippen molar-refractivity contribution >= 4 is 48.3 Å². The quantitative estimate of drug-likeness (QED) is 0.824. The van der Waals surface area contributed by atoms with Crippen LogP contribution in [0.5, 0.6) is 0 Å². The maximum atomic E-state index is 12.1. The van der Waals surface area contributed by atoms with Crippen molar-refractivity contribution in [3.05, 3.63) is 18.3 Å². The number of aromatic nitrogens is 1. The van der Waals surface area contributed by atoms with Gasteiger partial charge in [-0.2, -0.15) is 0 Å². The second kappa shape index (κ2) is 8.69. The monoisotopic (exact) mass is 339 g/mol. The van der Waals surface area contributed by atoms with Crippen LogP contribution in [0.3, 0.4) is 0 Å². The summed E-state index contributed by atoms with van der Waals surface area (Å²) in [6, 6.07) is 3.70. The molecule has 8 heteroatoms. The Balaban J connectivity index is 0.00000180. The summed E-state index contributed by atoms with van der Waals surface area (Å²) in [6.45, 7) is 1.06. The third kappa shape index (κ3) is 4.79. The average Bonchev–Trinajstić information content (AvgIpc) is 2.40. The molecule has 5 nitrogen and oxygen atoms in total. The SMILES string of the molecule is CSc1ccc(NC(=O)C2(N)CCOCC2)nc1.Cl.Cl. The first kappa shape index (κ1) is 19.5. The van der Waals surface area contributed by atoms with Crippen molar-refractivity contribution in [3.63, 3.8) is 0 Å². The smallest absolute Gasteiger partial charge is 0.245 e. The van der Waals surface area contributed by atoms with Gasteiger partial charge in [-0.25, -0.2) is 4.98 Å². The second-order valence-corrected chi connectivity index (χ2v) is 5.19. The van der Waals surface area contributed by atoms with E-state index in [4.69, 9.17) is 10.5 Å². The Hall–Kier alpha value is -0.530. The summed E-state index contributed by atoms with van der Waals surface area (Å²) in [6.07, 6.45) is 4.79. The van der Waals surface area contributed by atoms with Gasteiger partial charge >= 0.3 is 0 Å². The Labute approximate surface area is 135 Å². The lowest BCUT2D eigenvalue weighted by molar-refractivity contribution is -0.124. The van der Waals surface area contributed by atoms with Gasteiger partial charge in [0.2, 0.25) is 5.91 Å². The Morgan fingerprint density at radius 1 is 1.40 bits per heavy atom. The van der Waals surface area contributed by atoms with Crippen LogP contribution in [0, 0.1) is 0 Å². The van der Waals surface area contributed by atoms with E-state index in [0.29, 0.717) is 31.9 Å². The molecule has 1 aromatic heterocycles. The van der Waals surface area contributed by atoms with Gasteiger partial charge < -0.3 is 15.8 Å². The summed E-state index contributed by atoms with van der Waals surface area (Å²) in [7, 11) is 0. The van der Waals surface area contributed by atoms with Gasteiger partial charge in [-0.05, 0) is 31.2 Å². The zero-order valence-corrected chi connectivity index (χ0v) is 13.6. The maximum Gasteiger partial charge on any atom is 0.245 e. The molecule has 0 spiro atoms. The van der Waals surface area contributed by atoms with E-state index >= 15 is 0 Å². The summed E-state index contributed by atoms with van der Waals surface area (Å²) in [5.41, 5.74) is 5.25. The van der Waals surface area contributed by atoms with Crippen molar-refractivity contribution in [2.75, 3.05) is 24.8 Å². The van der Waals surface area contributed by atoms with Crippen LogP contribution in [0.15, 0.2) is 23.2 Å².